The number of anilines is 2. The van der Waals surface area contributed by atoms with Crippen molar-refractivity contribution in [2.45, 2.75) is 39.2 Å². The molecule has 112 valence electrons. The standard InChI is InChI=1S/C15H27N5/c1-5-13-17-14(16-6-2)10-15(18-13)20(4)11-12-8-7-9-19(12)3/h10,12H,5-9,11H2,1-4H3,(H,16,17,18). The monoisotopic (exact) mass is 277 g/mol. The summed E-state index contributed by atoms with van der Waals surface area (Å²) in [6.07, 6.45) is 3.46. The Labute approximate surface area is 122 Å². The lowest BCUT2D eigenvalue weighted by Crippen LogP contribution is -2.37. The summed E-state index contributed by atoms with van der Waals surface area (Å²) in [6, 6.07) is 2.69. The normalized spacial score (nSPS) is 19.3. The molecule has 0 saturated carbocycles. The predicted octanol–water partition coefficient (Wildman–Crippen LogP) is 2.00. The molecule has 2 rings (SSSR count). The third kappa shape index (κ3) is 3.60. The van der Waals surface area contributed by atoms with Gasteiger partial charge in [-0.15, -0.1) is 0 Å². The number of hydrogen-bond acceptors (Lipinski definition) is 5. The van der Waals surface area contributed by atoms with Crippen LogP contribution < -0.4 is 10.2 Å². The van der Waals surface area contributed by atoms with E-state index in [9.17, 15) is 0 Å². The Balaban J connectivity index is 2.11. The summed E-state index contributed by atoms with van der Waals surface area (Å²) >= 11 is 0. The van der Waals surface area contributed by atoms with E-state index < -0.39 is 0 Å². The number of hydrogen-bond donors (Lipinski definition) is 1. The summed E-state index contributed by atoms with van der Waals surface area (Å²) in [7, 11) is 4.34. The van der Waals surface area contributed by atoms with Crippen LogP contribution >= 0.6 is 0 Å². The molecule has 1 N–H and O–H groups in total. The molecule has 5 heteroatoms. The fourth-order valence-electron chi connectivity index (χ4n) is 2.73. The number of likely N-dealkylation sites (N-methyl/N-ethyl adjacent to an activating group) is 2. The maximum absolute atomic E-state index is 4.66. The van der Waals surface area contributed by atoms with Crippen LogP contribution in [0.4, 0.5) is 11.6 Å². The van der Waals surface area contributed by atoms with Crippen molar-refractivity contribution in [3.63, 3.8) is 0 Å². The molecule has 1 aliphatic heterocycles. The summed E-state index contributed by atoms with van der Waals surface area (Å²) in [4.78, 5) is 13.9. The van der Waals surface area contributed by atoms with Gasteiger partial charge >= 0.3 is 0 Å². The Morgan fingerprint density at radius 2 is 2.20 bits per heavy atom. The highest BCUT2D eigenvalue weighted by atomic mass is 15.2. The average Bonchev–Trinajstić information content (AvgIpc) is 2.84. The minimum absolute atomic E-state index is 0.641. The smallest absolute Gasteiger partial charge is 0.134 e. The zero-order valence-corrected chi connectivity index (χ0v) is 13.2. The summed E-state index contributed by atoms with van der Waals surface area (Å²) in [5.41, 5.74) is 0. The van der Waals surface area contributed by atoms with E-state index in [1.807, 2.05) is 0 Å². The first kappa shape index (κ1) is 15.0. The van der Waals surface area contributed by atoms with Crippen LogP contribution in [0.5, 0.6) is 0 Å². The minimum atomic E-state index is 0.641. The lowest BCUT2D eigenvalue weighted by Gasteiger charge is -2.27. The summed E-state index contributed by atoms with van der Waals surface area (Å²) < 4.78 is 0. The third-order valence-corrected chi connectivity index (χ3v) is 3.98. The van der Waals surface area contributed by atoms with Crippen LogP contribution in [-0.2, 0) is 6.42 Å². The second-order valence-corrected chi connectivity index (χ2v) is 5.57. The van der Waals surface area contributed by atoms with Crippen LogP contribution in [0.15, 0.2) is 6.07 Å². The maximum Gasteiger partial charge on any atom is 0.134 e. The molecular weight excluding hydrogens is 250 g/mol. The molecule has 1 unspecified atom stereocenters. The first-order valence-corrected chi connectivity index (χ1v) is 7.67. The van der Waals surface area contributed by atoms with Crippen molar-refractivity contribution in [1.29, 1.82) is 0 Å². The largest absolute Gasteiger partial charge is 0.370 e. The van der Waals surface area contributed by atoms with Gasteiger partial charge in [-0.2, -0.15) is 0 Å². The van der Waals surface area contributed by atoms with Gasteiger partial charge in [-0.25, -0.2) is 9.97 Å². The van der Waals surface area contributed by atoms with E-state index in [-0.39, 0.29) is 0 Å². The van der Waals surface area contributed by atoms with Gasteiger partial charge in [0.25, 0.3) is 0 Å². The maximum atomic E-state index is 4.66. The number of aromatic nitrogens is 2. The van der Waals surface area contributed by atoms with Crippen LogP contribution in [-0.4, -0.2) is 54.6 Å². The van der Waals surface area contributed by atoms with Gasteiger partial charge in [-0.3, -0.25) is 0 Å². The lowest BCUT2D eigenvalue weighted by molar-refractivity contribution is 0.314. The van der Waals surface area contributed by atoms with Crippen molar-refractivity contribution in [3.8, 4) is 0 Å². The first-order chi connectivity index (χ1) is 9.63. The highest BCUT2D eigenvalue weighted by Gasteiger charge is 2.22. The van der Waals surface area contributed by atoms with Gasteiger partial charge in [0.05, 0.1) is 0 Å². The van der Waals surface area contributed by atoms with Crippen molar-refractivity contribution < 1.29 is 0 Å². The van der Waals surface area contributed by atoms with Gasteiger partial charge < -0.3 is 15.1 Å². The van der Waals surface area contributed by atoms with E-state index in [1.54, 1.807) is 0 Å². The van der Waals surface area contributed by atoms with E-state index in [0.717, 1.165) is 37.0 Å². The average molecular weight is 277 g/mol. The van der Waals surface area contributed by atoms with Crippen LogP contribution in [0.1, 0.15) is 32.5 Å². The third-order valence-electron chi connectivity index (χ3n) is 3.98. The zero-order valence-electron chi connectivity index (χ0n) is 13.2. The molecule has 1 aromatic rings. The van der Waals surface area contributed by atoms with Crippen molar-refractivity contribution in [2.24, 2.45) is 0 Å². The number of nitrogens with one attached hydrogen (secondary N) is 1. The molecule has 0 aliphatic carbocycles. The molecule has 0 amide bonds. The highest BCUT2D eigenvalue weighted by Crippen LogP contribution is 2.20. The molecule has 5 nitrogen and oxygen atoms in total. The lowest BCUT2D eigenvalue weighted by atomic mass is 10.2. The van der Waals surface area contributed by atoms with Crippen molar-refractivity contribution in [2.75, 3.05) is 43.9 Å². The van der Waals surface area contributed by atoms with E-state index in [4.69, 9.17) is 0 Å². The molecule has 1 atom stereocenters. The molecular formula is C15H27N5. The van der Waals surface area contributed by atoms with Crippen molar-refractivity contribution in [1.82, 2.24) is 14.9 Å². The second kappa shape index (κ2) is 6.88. The summed E-state index contributed by atoms with van der Waals surface area (Å²) in [5, 5.41) is 3.29. The van der Waals surface area contributed by atoms with Crippen LogP contribution in [0, 0.1) is 0 Å². The fraction of sp³-hybridized carbons (Fsp3) is 0.733. The molecule has 0 radical (unpaired) electrons. The Morgan fingerprint density at radius 3 is 2.80 bits per heavy atom. The summed E-state index contributed by atoms with van der Waals surface area (Å²) in [5.74, 6) is 2.86. The van der Waals surface area contributed by atoms with Gasteiger partial charge in [-0.1, -0.05) is 6.92 Å². The van der Waals surface area contributed by atoms with Gasteiger partial charge in [0.2, 0.25) is 0 Å². The number of nitrogens with zero attached hydrogens (tertiary/aromatic N) is 4. The van der Waals surface area contributed by atoms with Crippen LogP contribution in [0.3, 0.4) is 0 Å². The van der Waals surface area contributed by atoms with Gasteiger partial charge in [0, 0.05) is 38.7 Å². The topological polar surface area (TPSA) is 44.3 Å². The molecule has 0 spiro atoms. The molecule has 1 fully saturated rings. The van der Waals surface area contributed by atoms with Gasteiger partial charge in [-0.05, 0) is 33.4 Å². The molecule has 1 aromatic heterocycles. The van der Waals surface area contributed by atoms with Crippen LogP contribution in [0.25, 0.3) is 0 Å². The number of likely N-dealkylation sites (tertiary alicyclic amines) is 1. The summed E-state index contributed by atoms with van der Waals surface area (Å²) in [6.45, 7) is 7.31. The highest BCUT2D eigenvalue weighted by molar-refractivity contribution is 5.49. The molecule has 1 saturated heterocycles. The van der Waals surface area contributed by atoms with E-state index in [1.165, 1.54) is 19.4 Å². The van der Waals surface area contributed by atoms with E-state index >= 15 is 0 Å². The zero-order chi connectivity index (χ0) is 14.5. The van der Waals surface area contributed by atoms with E-state index in [2.05, 4.69) is 59.1 Å². The predicted molar refractivity (Wildman–Crippen MR) is 84.5 cm³/mol. The fourth-order valence-corrected chi connectivity index (χ4v) is 2.73. The Bertz CT molecular complexity index is 434. The van der Waals surface area contributed by atoms with Gasteiger partial charge in [0.15, 0.2) is 0 Å². The molecule has 0 bridgehead atoms. The molecule has 20 heavy (non-hydrogen) atoms. The van der Waals surface area contributed by atoms with Crippen molar-refractivity contribution in [3.05, 3.63) is 11.9 Å². The van der Waals surface area contributed by atoms with E-state index in [0.29, 0.717) is 6.04 Å². The van der Waals surface area contributed by atoms with Gasteiger partial charge in [0.1, 0.15) is 17.5 Å². The molecule has 2 heterocycles. The Morgan fingerprint density at radius 1 is 1.40 bits per heavy atom. The number of aryl methyl sites for hydroxylation is 1. The molecule has 1 aliphatic rings. The van der Waals surface area contributed by atoms with Crippen molar-refractivity contribution >= 4 is 11.6 Å². The SMILES string of the molecule is CCNc1cc(N(C)CC2CCCN2C)nc(CC)n1. The minimum Gasteiger partial charge on any atom is -0.370 e. The Kier molecular flexibility index (Phi) is 5.17. The second-order valence-electron chi connectivity index (χ2n) is 5.57. The number of rotatable bonds is 6. The first-order valence-electron chi connectivity index (χ1n) is 7.67. The van der Waals surface area contributed by atoms with Crippen LogP contribution in [0.2, 0.25) is 0 Å². The molecule has 0 aromatic carbocycles. The quantitative estimate of drug-likeness (QED) is 0.861. The Hall–Kier alpha value is -1.36.